The minimum atomic E-state index is -0.491. The van der Waals surface area contributed by atoms with Crippen LogP contribution in [0, 0.1) is 18.6 Å². The van der Waals surface area contributed by atoms with Crippen molar-refractivity contribution in [1.82, 2.24) is 0 Å². The van der Waals surface area contributed by atoms with E-state index >= 15 is 0 Å². The molecule has 0 aliphatic carbocycles. The van der Waals surface area contributed by atoms with E-state index < -0.39 is 5.82 Å². The molecule has 2 aromatic carbocycles. The fraction of sp³-hybridized carbons (Fsp3) is 0.200. The number of phenols is 1. The Morgan fingerprint density at radius 2 is 1.84 bits per heavy atom. The highest BCUT2D eigenvalue weighted by atomic mass is 19.1. The average Bonchev–Trinajstić information content (AvgIpc) is 2.33. The smallest absolute Gasteiger partial charge is 0.128 e. The summed E-state index contributed by atoms with van der Waals surface area (Å²) in [5.74, 6) is -0.900. The zero-order valence-corrected chi connectivity index (χ0v) is 10.7. The molecule has 0 bridgehead atoms. The van der Waals surface area contributed by atoms with Crippen LogP contribution in [0.25, 0.3) is 0 Å². The summed E-state index contributed by atoms with van der Waals surface area (Å²) in [4.78, 5) is 0. The molecule has 1 atom stereocenters. The molecule has 0 amide bonds. The van der Waals surface area contributed by atoms with Gasteiger partial charge in [-0.05, 0) is 37.6 Å². The maximum absolute atomic E-state index is 13.4. The fourth-order valence-electron chi connectivity index (χ4n) is 1.89. The van der Waals surface area contributed by atoms with Crippen molar-refractivity contribution in [2.75, 3.05) is 5.32 Å². The Morgan fingerprint density at radius 3 is 2.47 bits per heavy atom. The number of aryl methyl sites for hydroxylation is 1. The lowest BCUT2D eigenvalue weighted by Crippen LogP contribution is -2.07. The van der Waals surface area contributed by atoms with Gasteiger partial charge in [0.05, 0.1) is 6.04 Å². The average molecular weight is 263 g/mol. The van der Waals surface area contributed by atoms with Crippen molar-refractivity contribution in [3.8, 4) is 5.75 Å². The standard InChI is InChI=1S/C15H15F2NO/c1-9-3-5-12(8-14(9)17)18-10(2)13-6-4-11(16)7-15(13)19/h3-8,10,18-19H,1-2H3. The molecule has 0 spiro atoms. The quantitative estimate of drug-likeness (QED) is 0.871. The Kier molecular flexibility index (Phi) is 3.69. The monoisotopic (exact) mass is 263 g/mol. The van der Waals surface area contributed by atoms with Gasteiger partial charge in [-0.3, -0.25) is 0 Å². The van der Waals surface area contributed by atoms with Crippen molar-refractivity contribution >= 4 is 5.69 Å². The van der Waals surface area contributed by atoms with Crippen LogP contribution in [0.2, 0.25) is 0 Å². The molecule has 0 fully saturated rings. The van der Waals surface area contributed by atoms with Crippen LogP contribution < -0.4 is 5.32 Å². The minimum Gasteiger partial charge on any atom is -0.507 e. The predicted molar refractivity (Wildman–Crippen MR) is 71.2 cm³/mol. The molecular formula is C15H15F2NO. The van der Waals surface area contributed by atoms with Crippen molar-refractivity contribution in [3.05, 3.63) is 59.2 Å². The summed E-state index contributed by atoms with van der Waals surface area (Å²) in [5, 5.41) is 12.7. The Bertz CT molecular complexity index is 599. The van der Waals surface area contributed by atoms with Gasteiger partial charge in [-0.25, -0.2) is 8.78 Å². The van der Waals surface area contributed by atoms with Gasteiger partial charge in [-0.1, -0.05) is 12.1 Å². The summed E-state index contributed by atoms with van der Waals surface area (Å²) in [7, 11) is 0. The lowest BCUT2D eigenvalue weighted by Gasteiger charge is -2.17. The second kappa shape index (κ2) is 5.26. The van der Waals surface area contributed by atoms with E-state index in [1.165, 1.54) is 18.2 Å². The molecule has 0 aromatic heterocycles. The second-order valence-electron chi connectivity index (χ2n) is 4.53. The number of hydrogen-bond acceptors (Lipinski definition) is 2. The Hall–Kier alpha value is -2.10. The van der Waals surface area contributed by atoms with Crippen molar-refractivity contribution in [1.29, 1.82) is 0 Å². The summed E-state index contributed by atoms with van der Waals surface area (Å²) < 4.78 is 26.3. The highest BCUT2D eigenvalue weighted by Gasteiger charge is 2.11. The normalized spacial score (nSPS) is 12.2. The van der Waals surface area contributed by atoms with Crippen LogP contribution in [-0.4, -0.2) is 5.11 Å². The third-order valence-corrected chi connectivity index (χ3v) is 3.01. The first-order chi connectivity index (χ1) is 8.97. The van der Waals surface area contributed by atoms with Crippen molar-refractivity contribution in [2.24, 2.45) is 0 Å². The van der Waals surface area contributed by atoms with Crippen LogP contribution in [0.3, 0.4) is 0 Å². The van der Waals surface area contributed by atoms with Crippen molar-refractivity contribution in [2.45, 2.75) is 19.9 Å². The molecule has 4 heteroatoms. The van der Waals surface area contributed by atoms with Gasteiger partial charge >= 0.3 is 0 Å². The number of phenolic OH excluding ortho intramolecular Hbond substituents is 1. The van der Waals surface area contributed by atoms with E-state index in [1.54, 1.807) is 19.1 Å². The maximum atomic E-state index is 13.4. The van der Waals surface area contributed by atoms with Gasteiger partial charge in [-0.2, -0.15) is 0 Å². The summed E-state index contributed by atoms with van der Waals surface area (Å²) in [6, 6.07) is 8.42. The summed E-state index contributed by atoms with van der Waals surface area (Å²) in [6.07, 6.45) is 0. The van der Waals surface area contributed by atoms with Crippen LogP contribution in [0.5, 0.6) is 5.75 Å². The number of rotatable bonds is 3. The zero-order chi connectivity index (χ0) is 14.0. The van der Waals surface area contributed by atoms with Gasteiger partial charge in [0, 0.05) is 17.3 Å². The summed E-state index contributed by atoms with van der Waals surface area (Å²) in [5.41, 5.74) is 1.74. The Balaban J connectivity index is 2.20. The van der Waals surface area contributed by atoms with E-state index in [2.05, 4.69) is 5.32 Å². The summed E-state index contributed by atoms with van der Waals surface area (Å²) >= 11 is 0. The highest BCUT2D eigenvalue weighted by Crippen LogP contribution is 2.28. The summed E-state index contributed by atoms with van der Waals surface area (Å²) in [6.45, 7) is 3.50. The maximum Gasteiger partial charge on any atom is 0.128 e. The number of anilines is 1. The van der Waals surface area contributed by atoms with Gasteiger partial charge < -0.3 is 10.4 Å². The van der Waals surface area contributed by atoms with Crippen LogP contribution in [0.1, 0.15) is 24.1 Å². The number of benzene rings is 2. The lowest BCUT2D eigenvalue weighted by atomic mass is 10.1. The third kappa shape index (κ3) is 3.02. The molecule has 0 heterocycles. The van der Waals surface area contributed by atoms with E-state index in [0.717, 1.165) is 6.07 Å². The predicted octanol–water partition coefficient (Wildman–Crippen LogP) is 4.15. The molecule has 2 rings (SSSR count). The fourth-order valence-corrected chi connectivity index (χ4v) is 1.89. The molecule has 0 aliphatic heterocycles. The first kappa shape index (κ1) is 13.3. The molecule has 100 valence electrons. The van der Waals surface area contributed by atoms with Crippen molar-refractivity contribution < 1.29 is 13.9 Å². The van der Waals surface area contributed by atoms with E-state index in [9.17, 15) is 13.9 Å². The SMILES string of the molecule is Cc1ccc(NC(C)c2ccc(F)cc2O)cc1F. The zero-order valence-electron chi connectivity index (χ0n) is 10.7. The molecule has 2 N–H and O–H groups in total. The van der Waals surface area contributed by atoms with Gasteiger partial charge in [0.25, 0.3) is 0 Å². The lowest BCUT2D eigenvalue weighted by molar-refractivity contribution is 0.459. The molecular weight excluding hydrogens is 248 g/mol. The highest BCUT2D eigenvalue weighted by molar-refractivity contribution is 5.48. The molecule has 19 heavy (non-hydrogen) atoms. The van der Waals surface area contributed by atoms with Gasteiger partial charge in [0.1, 0.15) is 17.4 Å². The first-order valence-corrected chi connectivity index (χ1v) is 5.98. The topological polar surface area (TPSA) is 32.3 Å². The van der Waals surface area contributed by atoms with Crippen LogP contribution in [0.15, 0.2) is 36.4 Å². The van der Waals surface area contributed by atoms with Crippen LogP contribution in [0.4, 0.5) is 14.5 Å². The van der Waals surface area contributed by atoms with E-state index in [1.807, 2.05) is 6.92 Å². The molecule has 0 aliphatic rings. The first-order valence-electron chi connectivity index (χ1n) is 5.98. The van der Waals surface area contributed by atoms with Crippen LogP contribution in [-0.2, 0) is 0 Å². The molecule has 0 saturated carbocycles. The Morgan fingerprint density at radius 1 is 1.11 bits per heavy atom. The van der Waals surface area contributed by atoms with E-state index in [4.69, 9.17) is 0 Å². The van der Waals surface area contributed by atoms with E-state index in [0.29, 0.717) is 16.8 Å². The minimum absolute atomic E-state index is 0.118. The largest absolute Gasteiger partial charge is 0.507 e. The van der Waals surface area contributed by atoms with Crippen LogP contribution >= 0.6 is 0 Å². The molecule has 0 saturated heterocycles. The van der Waals surface area contributed by atoms with Gasteiger partial charge in [0.2, 0.25) is 0 Å². The number of nitrogens with one attached hydrogen (secondary N) is 1. The molecule has 0 radical (unpaired) electrons. The van der Waals surface area contributed by atoms with Gasteiger partial charge in [0.15, 0.2) is 0 Å². The third-order valence-electron chi connectivity index (χ3n) is 3.01. The van der Waals surface area contributed by atoms with Crippen molar-refractivity contribution in [3.63, 3.8) is 0 Å². The number of aromatic hydroxyl groups is 1. The molecule has 2 aromatic rings. The molecule has 2 nitrogen and oxygen atoms in total. The van der Waals surface area contributed by atoms with E-state index in [-0.39, 0.29) is 17.6 Å². The second-order valence-corrected chi connectivity index (χ2v) is 4.53. The Labute approximate surface area is 110 Å². The number of halogens is 2. The van der Waals surface area contributed by atoms with Gasteiger partial charge in [-0.15, -0.1) is 0 Å². The number of hydrogen-bond donors (Lipinski definition) is 2. The molecule has 1 unspecified atom stereocenters.